The lowest BCUT2D eigenvalue weighted by atomic mass is 9.98. The second-order valence-corrected chi connectivity index (χ2v) is 8.55. The van der Waals surface area contributed by atoms with E-state index in [2.05, 4.69) is 5.32 Å². The van der Waals surface area contributed by atoms with Crippen molar-refractivity contribution in [2.45, 2.75) is 30.7 Å². The number of nitrogens with one attached hydrogen (secondary N) is 1. The number of fused-ring (bicyclic) bond motifs is 3. The predicted octanol–water partition coefficient (Wildman–Crippen LogP) is 5.04. The molecule has 0 aliphatic heterocycles. The maximum atomic E-state index is 13.1. The zero-order valence-electron chi connectivity index (χ0n) is 19.5. The summed E-state index contributed by atoms with van der Waals surface area (Å²) in [5.41, 5.74) is 3.20. The third kappa shape index (κ3) is 5.47. The van der Waals surface area contributed by atoms with Gasteiger partial charge in [-0.3, -0.25) is 0 Å². The van der Waals surface area contributed by atoms with E-state index < -0.39 is 30.0 Å². The normalized spacial score (nSPS) is 14.5. The fraction of sp³-hybridized carbons (Fsp3) is 0.296. The zero-order chi connectivity index (χ0) is 25.9. The van der Waals surface area contributed by atoms with Gasteiger partial charge in [-0.1, -0.05) is 48.5 Å². The van der Waals surface area contributed by atoms with E-state index in [0.717, 1.165) is 34.4 Å². The third-order valence-electron chi connectivity index (χ3n) is 6.25. The zero-order valence-corrected chi connectivity index (χ0v) is 19.5. The van der Waals surface area contributed by atoms with Crippen LogP contribution in [0.2, 0.25) is 0 Å². The van der Waals surface area contributed by atoms with Crippen LogP contribution in [0.15, 0.2) is 66.7 Å². The summed E-state index contributed by atoms with van der Waals surface area (Å²) >= 11 is 0. The molecule has 0 saturated heterocycles. The molecule has 0 heterocycles. The van der Waals surface area contributed by atoms with Gasteiger partial charge in [0, 0.05) is 12.5 Å². The fourth-order valence-corrected chi connectivity index (χ4v) is 4.43. The summed E-state index contributed by atoms with van der Waals surface area (Å²) in [6.07, 6.45) is -8.47. The molecule has 1 aliphatic rings. The van der Waals surface area contributed by atoms with Gasteiger partial charge >= 0.3 is 12.3 Å². The lowest BCUT2D eigenvalue weighted by molar-refractivity contribution is -0.137. The molecule has 0 fully saturated rings. The van der Waals surface area contributed by atoms with Gasteiger partial charge in [0.05, 0.1) is 18.8 Å². The number of aliphatic hydroxyl groups excluding tert-OH is 2. The minimum Gasteiger partial charge on any atom is -0.497 e. The van der Waals surface area contributed by atoms with Gasteiger partial charge < -0.3 is 25.0 Å². The Kier molecular flexibility index (Phi) is 7.51. The first-order valence-corrected chi connectivity index (χ1v) is 11.4. The van der Waals surface area contributed by atoms with Crippen LogP contribution in [-0.2, 0) is 10.9 Å². The number of carbonyl (C=O) groups excluding carboxylic acids is 1. The molecule has 0 spiro atoms. The van der Waals surface area contributed by atoms with Gasteiger partial charge in [0.15, 0.2) is 0 Å². The van der Waals surface area contributed by atoms with Gasteiger partial charge in [0.2, 0.25) is 0 Å². The maximum absolute atomic E-state index is 13.1. The molecule has 36 heavy (non-hydrogen) atoms. The molecule has 4 rings (SSSR count). The molecule has 0 aromatic heterocycles. The van der Waals surface area contributed by atoms with E-state index >= 15 is 0 Å². The topological polar surface area (TPSA) is 88.0 Å². The van der Waals surface area contributed by atoms with Crippen LogP contribution < -0.4 is 10.1 Å². The van der Waals surface area contributed by atoms with Crippen LogP contribution in [0.1, 0.15) is 40.7 Å². The molecule has 2 atom stereocenters. The molecule has 2 unspecified atom stereocenters. The Bertz CT molecular complexity index is 1180. The van der Waals surface area contributed by atoms with Crippen LogP contribution in [-0.4, -0.2) is 42.7 Å². The number of benzene rings is 3. The highest BCUT2D eigenvalue weighted by Crippen LogP contribution is 2.44. The molecule has 0 bridgehead atoms. The van der Waals surface area contributed by atoms with Crippen LogP contribution in [0.4, 0.5) is 18.0 Å². The number of hydrogen-bond acceptors (Lipinski definition) is 5. The minimum atomic E-state index is -4.64. The van der Waals surface area contributed by atoms with Crippen LogP contribution in [0.3, 0.4) is 0 Å². The van der Waals surface area contributed by atoms with E-state index in [1.165, 1.54) is 13.2 Å². The number of halogens is 3. The number of carbonyl (C=O) groups is 1. The van der Waals surface area contributed by atoms with Crippen molar-refractivity contribution < 1.29 is 37.7 Å². The monoisotopic (exact) mass is 501 g/mol. The molecule has 1 aliphatic carbocycles. The van der Waals surface area contributed by atoms with Crippen LogP contribution in [0.25, 0.3) is 11.1 Å². The number of aliphatic hydroxyl groups is 2. The van der Waals surface area contributed by atoms with Crippen molar-refractivity contribution in [3.05, 3.63) is 89.0 Å². The molecule has 9 heteroatoms. The Morgan fingerprint density at radius 2 is 1.61 bits per heavy atom. The second kappa shape index (κ2) is 10.6. The fourth-order valence-electron chi connectivity index (χ4n) is 4.43. The van der Waals surface area contributed by atoms with Gasteiger partial charge in [-0.25, -0.2) is 4.79 Å². The van der Waals surface area contributed by atoms with Crippen molar-refractivity contribution in [3.63, 3.8) is 0 Å². The van der Waals surface area contributed by atoms with Gasteiger partial charge in [0.25, 0.3) is 0 Å². The van der Waals surface area contributed by atoms with Crippen molar-refractivity contribution in [2.75, 3.05) is 20.3 Å². The summed E-state index contributed by atoms with van der Waals surface area (Å²) in [5, 5.41) is 23.2. The van der Waals surface area contributed by atoms with E-state index in [1.54, 1.807) is 0 Å². The first-order valence-electron chi connectivity index (χ1n) is 11.4. The number of ether oxygens (including phenoxy) is 2. The molecular formula is C27H26F3NO5. The number of methoxy groups -OCH3 is 1. The first kappa shape index (κ1) is 25.5. The smallest absolute Gasteiger partial charge is 0.416 e. The summed E-state index contributed by atoms with van der Waals surface area (Å²) in [6.45, 7) is 0.0695. The highest BCUT2D eigenvalue weighted by atomic mass is 19.4. The van der Waals surface area contributed by atoms with E-state index in [1.807, 2.05) is 48.5 Å². The summed E-state index contributed by atoms with van der Waals surface area (Å²) < 4.78 is 49.7. The van der Waals surface area contributed by atoms with E-state index in [9.17, 15) is 28.2 Å². The Morgan fingerprint density at radius 1 is 1.00 bits per heavy atom. The molecule has 0 saturated carbocycles. The van der Waals surface area contributed by atoms with Crippen LogP contribution in [0, 0.1) is 0 Å². The second-order valence-electron chi connectivity index (χ2n) is 8.55. The largest absolute Gasteiger partial charge is 0.497 e. The molecular weight excluding hydrogens is 475 g/mol. The van der Waals surface area contributed by atoms with Crippen LogP contribution >= 0.6 is 0 Å². The molecule has 3 aromatic rings. The van der Waals surface area contributed by atoms with E-state index in [-0.39, 0.29) is 36.8 Å². The molecule has 3 N–H and O–H groups in total. The van der Waals surface area contributed by atoms with Gasteiger partial charge in [-0.2, -0.15) is 13.2 Å². The Hall–Kier alpha value is -3.56. The lowest BCUT2D eigenvalue weighted by Gasteiger charge is -2.20. The maximum Gasteiger partial charge on any atom is 0.416 e. The van der Waals surface area contributed by atoms with Gasteiger partial charge in [-0.05, 0) is 52.4 Å². The number of alkyl halides is 3. The summed E-state index contributed by atoms with van der Waals surface area (Å²) in [4.78, 5) is 12.3. The molecule has 1 amide bonds. The Balaban J connectivity index is 1.31. The highest BCUT2D eigenvalue weighted by molar-refractivity contribution is 5.79. The van der Waals surface area contributed by atoms with Crippen molar-refractivity contribution in [1.29, 1.82) is 0 Å². The molecule has 190 valence electrons. The SMILES string of the molecule is COc1cc(C(O)C(O)CCNC(=O)OCC2c3ccccc3-c3ccccc32)cc(C(F)(F)F)c1. The van der Waals surface area contributed by atoms with Crippen molar-refractivity contribution >= 4 is 6.09 Å². The van der Waals surface area contributed by atoms with E-state index in [4.69, 9.17) is 9.47 Å². The average Bonchev–Trinajstić information content (AvgIpc) is 3.19. The summed E-state index contributed by atoms with van der Waals surface area (Å²) in [5.74, 6) is -0.200. The highest BCUT2D eigenvalue weighted by Gasteiger charge is 2.33. The van der Waals surface area contributed by atoms with Crippen LogP contribution in [0.5, 0.6) is 5.75 Å². The number of amides is 1. The molecule has 0 radical (unpaired) electrons. The predicted molar refractivity (Wildman–Crippen MR) is 127 cm³/mol. The number of alkyl carbamates (subject to hydrolysis) is 1. The van der Waals surface area contributed by atoms with Crippen molar-refractivity contribution in [3.8, 4) is 16.9 Å². The summed E-state index contributed by atoms with van der Waals surface area (Å²) in [6, 6.07) is 18.6. The van der Waals surface area contributed by atoms with Crippen molar-refractivity contribution in [1.82, 2.24) is 5.32 Å². The molecule has 3 aromatic carbocycles. The van der Waals surface area contributed by atoms with Gasteiger partial charge in [-0.15, -0.1) is 0 Å². The third-order valence-corrected chi connectivity index (χ3v) is 6.25. The molecule has 6 nitrogen and oxygen atoms in total. The number of hydrogen-bond donors (Lipinski definition) is 3. The van der Waals surface area contributed by atoms with Gasteiger partial charge in [0.1, 0.15) is 18.5 Å². The standard InChI is InChI=1S/C27H26F3NO5/c1-35-18-13-16(12-17(14-18)27(28,29)30)25(33)24(32)10-11-31-26(34)36-15-23-21-8-4-2-6-19(21)20-7-3-5-9-22(20)23/h2-9,12-14,23-25,32-33H,10-11,15H2,1H3,(H,31,34). The average molecular weight is 502 g/mol. The first-order chi connectivity index (χ1) is 17.2. The summed E-state index contributed by atoms with van der Waals surface area (Å²) in [7, 11) is 1.21. The van der Waals surface area contributed by atoms with Crippen molar-refractivity contribution in [2.24, 2.45) is 0 Å². The van der Waals surface area contributed by atoms with E-state index in [0.29, 0.717) is 0 Å². The Morgan fingerprint density at radius 3 is 2.19 bits per heavy atom. The lowest BCUT2D eigenvalue weighted by Crippen LogP contribution is -2.30. The minimum absolute atomic E-state index is 0.0506. The number of rotatable bonds is 8. The quantitative estimate of drug-likeness (QED) is 0.403. The Labute approximate surface area is 206 Å².